The molecule has 184 valence electrons. The fourth-order valence-electron chi connectivity index (χ4n) is 4.03. The first-order valence-electron chi connectivity index (χ1n) is 11.8. The molecule has 0 aliphatic carbocycles. The van der Waals surface area contributed by atoms with Crippen LogP contribution in [0.25, 0.3) is 0 Å². The summed E-state index contributed by atoms with van der Waals surface area (Å²) in [5.74, 6) is 1.24. The zero-order valence-electron chi connectivity index (χ0n) is 20.3. The number of fused-ring (bicyclic) bond motifs is 1. The van der Waals surface area contributed by atoms with Gasteiger partial charge in [-0.2, -0.15) is 5.26 Å². The Morgan fingerprint density at radius 2 is 1.69 bits per heavy atom. The van der Waals surface area contributed by atoms with Crippen LogP contribution in [0.1, 0.15) is 53.6 Å². The number of esters is 1. The summed E-state index contributed by atoms with van der Waals surface area (Å²) < 4.78 is 22.2. The standard InChI is InChI=1S/C29H28N2O5/c1-3-4-5-16-34-22-12-6-19(7-13-22)27-24-15-14-23(17-26(24)36-28(31)25(27)18-30)35-29(32)20-8-10-21(33-2)11-9-20/h6-15,17,27H,3-5,16,31H2,1-2H3. The zero-order chi connectivity index (χ0) is 25.5. The molecule has 4 rings (SSSR count). The lowest BCUT2D eigenvalue weighted by Gasteiger charge is -2.26. The number of carbonyl (C=O) groups excluding carboxylic acids is 1. The molecule has 1 heterocycles. The largest absolute Gasteiger partial charge is 0.497 e. The minimum Gasteiger partial charge on any atom is -0.497 e. The number of hydrogen-bond acceptors (Lipinski definition) is 7. The van der Waals surface area contributed by atoms with Crippen molar-refractivity contribution in [1.82, 2.24) is 0 Å². The van der Waals surface area contributed by atoms with E-state index in [9.17, 15) is 10.1 Å². The maximum atomic E-state index is 12.6. The summed E-state index contributed by atoms with van der Waals surface area (Å²) in [4.78, 5) is 12.6. The van der Waals surface area contributed by atoms with E-state index in [0.29, 0.717) is 35.0 Å². The minimum absolute atomic E-state index is 0.0218. The van der Waals surface area contributed by atoms with Crippen LogP contribution < -0.4 is 24.7 Å². The molecule has 0 saturated heterocycles. The predicted molar refractivity (Wildman–Crippen MR) is 135 cm³/mol. The highest BCUT2D eigenvalue weighted by molar-refractivity contribution is 5.91. The maximum Gasteiger partial charge on any atom is 0.343 e. The second-order valence-electron chi connectivity index (χ2n) is 8.37. The van der Waals surface area contributed by atoms with E-state index < -0.39 is 11.9 Å². The van der Waals surface area contributed by atoms with Gasteiger partial charge in [0, 0.05) is 11.6 Å². The molecule has 0 fully saturated rings. The van der Waals surface area contributed by atoms with Crippen LogP contribution >= 0.6 is 0 Å². The Morgan fingerprint density at radius 3 is 2.36 bits per heavy atom. The summed E-state index contributed by atoms with van der Waals surface area (Å²) in [5, 5.41) is 9.81. The van der Waals surface area contributed by atoms with Crippen molar-refractivity contribution in [3.63, 3.8) is 0 Å². The molecule has 0 spiro atoms. The molecule has 3 aromatic rings. The number of nitriles is 1. The van der Waals surface area contributed by atoms with E-state index in [1.807, 2.05) is 24.3 Å². The van der Waals surface area contributed by atoms with E-state index in [2.05, 4.69) is 13.0 Å². The Kier molecular flexibility index (Phi) is 7.76. The smallest absolute Gasteiger partial charge is 0.343 e. The molecule has 0 bridgehead atoms. The summed E-state index contributed by atoms with van der Waals surface area (Å²) in [7, 11) is 1.56. The minimum atomic E-state index is -0.513. The first kappa shape index (κ1) is 24.7. The van der Waals surface area contributed by atoms with Crippen LogP contribution in [0.15, 0.2) is 78.2 Å². The van der Waals surface area contributed by atoms with E-state index in [4.69, 9.17) is 24.7 Å². The Bertz CT molecular complexity index is 1290. The fraction of sp³-hybridized carbons (Fsp3) is 0.241. The number of ether oxygens (including phenoxy) is 4. The van der Waals surface area contributed by atoms with E-state index in [0.717, 1.165) is 36.1 Å². The number of carbonyl (C=O) groups is 1. The molecule has 1 aliphatic rings. The van der Waals surface area contributed by atoms with Crippen LogP contribution in [-0.4, -0.2) is 19.7 Å². The SMILES string of the molecule is CCCCCOc1ccc(C2C(C#N)=C(N)Oc3cc(OC(=O)c4ccc(OC)cc4)ccc32)cc1. The quantitative estimate of drug-likeness (QED) is 0.236. The van der Waals surface area contributed by atoms with Crippen molar-refractivity contribution in [1.29, 1.82) is 5.26 Å². The number of methoxy groups -OCH3 is 1. The fourth-order valence-corrected chi connectivity index (χ4v) is 4.03. The van der Waals surface area contributed by atoms with Gasteiger partial charge in [-0.25, -0.2) is 4.79 Å². The summed E-state index contributed by atoms with van der Waals surface area (Å²) in [6, 6.07) is 21.5. The van der Waals surface area contributed by atoms with E-state index in [1.54, 1.807) is 49.6 Å². The third kappa shape index (κ3) is 5.44. The maximum absolute atomic E-state index is 12.6. The molecule has 0 aromatic heterocycles. The average molecular weight is 485 g/mol. The average Bonchev–Trinajstić information content (AvgIpc) is 2.90. The van der Waals surface area contributed by atoms with Crippen molar-refractivity contribution >= 4 is 5.97 Å². The van der Waals surface area contributed by atoms with Crippen molar-refractivity contribution in [2.75, 3.05) is 13.7 Å². The Hall–Kier alpha value is -4.44. The molecule has 1 unspecified atom stereocenters. The Morgan fingerprint density at radius 1 is 1.00 bits per heavy atom. The molecular formula is C29H28N2O5. The van der Waals surface area contributed by atoms with Crippen molar-refractivity contribution in [2.45, 2.75) is 32.1 Å². The predicted octanol–water partition coefficient (Wildman–Crippen LogP) is 5.70. The number of unbranched alkanes of at least 4 members (excludes halogenated alkanes) is 2. The van der Waals surface area contributed by atoms with Crippen molar-refractivity contribution in [3.8, 4) is 29.1 Å². The van der Waals surface area contributed by atoms with Crippen LogP contribution in [-0.2, 0) is 0 Å². The number of hydrogen-bond donors (Lipinski definition) is 1. The van der Waals surface area contributed by atoms with E-state index in [1.165, 1.54) is 0 Å². The van der Waals surface area contributed by atoms with Gasteiger partial charge in [-0.3, -0.25) is 0 Å². The Balaban J connectivity index is 1.56. The van der Waals surface area contributed by atoms with Gasteiger partial charge in [-0.1, -0.05) is 38.0 Å². The summed E-state index contributed by atoms with van der Waals surface area (Å²) in [5.41, 5.74) is 8.45. The molecule has 7 nitrogen and oxygen atoms in total. The number of rotatable bonds is 9. The van der Waals surface area contributed by atoms with Crippen LogP contribution in [0.5, 0.6) is 23.0 Å². The van der Waals surface area contributed by atoms with Crippen molar-refractivity contribution < 1.29 is 23.7 Å². The highest BCUT2D eigenvalue weighted by atomic mass is 16.5. The molecule has 7 heteroatoms. The lowest BCUT2D eigenvalue weighted by atomic mass is 9.83. The van der Waals surface area contributed by atoms with E-state index in [-0.39, 0.29) is 5.88 Å². The molecule has 1 atom stereocenters. The van der Waals surface area contributed by atoms with E-state index >= 15 is 0 Å². The molecule has 1 aliphatic heterocycles. The Labute approximate surface area is 210 Å². The highest BCUT2D eigenvalue weighted by Crippen LogP contribution is 2.43. The summed E-state index contributed by atoms with van der Waals surface area (Å²) in [6.07, 6.45) is 3.28. The van der Waals surface area contributed by atoms with Gasteiger partial charge in [0.2, 0.25) is 5.88 Å². The summed E-state index contributed by atoms with van der Waals surface area (Å²) in [6.45, 7) is 2.82. The monoisotopic (exact) mass is 484 g/mol. The van der Waals surface area contributed by atoms with Crippen LogP contribution in [0.4, 0.5) is 0 Å². The van der Waals surface area contributed by atoms with Gasteiger partial charge in [-0.15, -0.1) is 0 Å². The van der Waals surface area contributed by atoms with Crippen LogP contribution in [0.3, 0.4) is 0 Å². The molecule has 2 N–H and O–H groups in total. The van der Waals surface area contributed by atoms with Gasteiger partial charge in [0.05, 0.1) is 25.2 Å². The van der Waals surface area contributed by atoms with Crippen LogP contribution in [0, 0.1) is 11.3 Å². The topological polar surface area (TPSA) is 104 Å². The lowest BCUT2D eigenvalue weighted by molar-refractivity contribution is 0.0734. The first-order valence-corrected chi connectivity index (χ1v) is 11.8. The molecule has 0 amide bonds. The second-order valence-corrected chi connectivity index (χ2v) is 8.37. The van der Waals surface area contributed by atoms with Crippen molar-refractivity contribution in [3.05, 3.63) is 94.9 Å². The number of nitrogens with zero attached hydrogens (tertiary/aromatic N) is 1. The summed E-state index contributed by atoms with van der Waals surface area (Å²) >= 11 is 0. The number of nitrogens with two attached hydrogens (primary N) is 1. The lowest BCUT2D eigenvalue weighted by Crippen LogP contribution is -2.21. The first-order chi connectivity index (χ1) is 17.5. The van der Waals surface area contributed by atoms with Gasteiger partial charge in [0.25, 0.3) is 0 Å². The number of allylic oxidation sites excluding steroid dienone is 1. The highest BCUT2D eigenvalue weighted by Gasteiger charge is 2.31. The third-order valence-corrected chi connectivity index (χ3v) is 5.96. The third-order valence-electron chi connectivity index (χ3n) is 5.96. The second kappa shape index (κ2) is 11.3. The van der Waals surface area contributed by atoms with Gasteiger partial charge >= 0.3 is 5.97 Å². The van der Waals surface area contributed by atoms with Crippen LogP contribution in [0.2, 0.25) is 0 Å². The molecular weight excluding hydrogens is 456 g/mol. The van der Waals surface area contributed by atoms with Gasteiger partial charge in [0.15, 0.2) is 0 Å². The van der Waals surface area contributed by atoms with Gasteiger partial charge in [-0.05, 0) is 54.4 Å². The number of benzene rings is 3. The van der Waals surface area contributed by atoms with Gasteiger partial charge < -0.3 is 24.7 Å². The molecule has 3 aromatic carbocycles. The molecule has 0 radical (unpaired) electrons. The van der Waals surface area contributed by atoms with Crippen molar-refractivity contribution in [2.24, 2.45) is 5.73 Å². The normalized spacial score (nSPS) is 14.3. The molecule has 36 heavy (non-hydrogen) atoms. The molecule has 0 saturated carbocycles. The van der Waals surface area contributed by atoms with Gasteiger partial charge in [0.1, 0.15) is 34.6 Å². The zero-order valence-corrected chi connectivity index (χ0v) is 20.3.